The molecule has 0 heterocycles. The molecule has 0 fully saturated rings. The quantitative estimate of drug-likeness (QED) is 0.800. The molecule has 0 bridgehead atoms. The predicted octanol–water partition coefficient (Wildman–Crippen LogP) is 2.71. The average molecular weight is 220 g/mol. The van der Waals surface area contributed by atoms with Crippen molar-refractivity contribution >= 4 is 0 Å². The van der Waals surface area contributed by atoms with Gasteiger partial charge in [0.15, 0.2) is 0 Å². The van der Waals surface area contributed by atoms with Crippen LogP contribution in [0.3, 0.4) is 0 Å². The lowest BCUT2D eigenvalue weighted by Gasteiger charge is -2.36. The van der Waals surface area contributed by atoms with Gasteiger partial charge in [-0.05, 0) is 25.3 Å². The summed E-state index contributed by atoms with van der Waals surface area (Å²) in [5.41, 5.74) is 7.18. The third-order valence-electron chi connectivity index (χ3n) is 3.54. The Morgan fingerprint density at radius 3 is 2.19 bits per heavy atom. The van der Waals surface area contributed by atoms with E-state index in [4.69, 9.17) is 5.73 Å². The number of nitrogens with one attached hydrogen (secondary N) is 1. The summed E-state index contributed by atoms with van der Waals surface area (Å²) < 4.78 is 0. The van der Waals surface area contributed by atoms with Crippen LogP contribution in [0, 0.1) is 5.92 Å². The summed E-state index contributed by atoms with van der Waals surface area (Å²) in [7, 11) is 0. The Hall–Kier alpha value is -0.860. The topological polar surface area (TPSA) is 38.0 Å². The van der Waals surface area contributed by atoms with Crippen molar-refractivity contribution < 1.29 is 0 Å². The monoisotopic (exact) mass is 220 g/mol. The van der Waals surface area contributed by atoms with E-state index in [1.54, 1.807) is 0 Å². The van der Waals surface area contributed by atoms with E-state index < -0.39 is 0 Å². The molecule has 0 saturated heterocycles. The van der Waals surface area contributed by atoms with Gasteiger partial charge in [0.2, 0.25) is 0 Å². The Bertz CT molecular complexity index is 308. The van der Waals surface area contributed by atoms with Gasteiger partial charge in [0, 0.05) is 18.1 Å². The molecule has 1 aromatic rings. The van der Waals surface area contributed by atoms with E-state index >= 15 is 0 Å². The molecule has 0 aliphatic carbocycles. The first kappa shape index (κ1) is 13.2. The van der Waals surface area contributed by atoms with Crippen LogP contribution in [0.1, 0.15) is 39.3 Å². The zero-order valence-corrected chi connectivity index (χ0v) is 10.8. The second-order valence-electron chi connectivity index (χ2n) is 5.05. The maximum atomic E-state index is 5.87. The standard InChI is InChI=1S/C14H24N2/c1-11(2)14(4,10-15)16-12(3)13-8-6-5-7-9-13/h5-9,11-12,16H,10,15H2,1-4H3. The van der Waals surface area contributed by atoms with Crippen LogP contribution in [-0.2, 0) is 0 Å². The van der Waals surface area contributed by atoms with Crippen molar-refractivity contribution in [1.29, 1.82) is 0 Å². The van der Waals surface area contributed by atoms with Gasteiger partial charge in [-0.3, -0.25) is 0 Å². The van der Waals surface area contributed by atoms with Gasteiger partial charge in [-0.25, -0.2) is 0 Å². The zero-order chi connectivity index (χ0) is 12.2. The van der Waals surface area contributed by atoms with Gasteiger partial charge in [0.05, 0.1) is 0 Å². The molecule has 2 unspecified atom stereocenters. The molecule has 2 atom stereocenters. The number of rotatable bonds is 5. The number of benzene rings is 1. The molecule has 0 radical (unpaired) electrons. The maximum absolute atomic E-state index is 5.87. The molecule has 0 aliphatic heterocycles. The zero-order valence-electron chi connectivity index (χ0n) is 10.8. The Morgan fingerprint density at radius 1 is 1.19 bits per heavy atom. The predicted molar refractivity (Wildman–Crippen MR) is 70.3 cm³/mol. The summed E-state index contributed by atoms with van der Waals surface area (Å²) in [6, 6.07) is 10.8. The SMILES string of the molecule is CC(NC(C)(CN)C(C)C)c1ccccc1. The van der Waals surface area contributed by atoms with Gasteiger partial charge in [-0.1, -0.05) is 44.2 Å². The first-order chi connectivity index (χ1) is 7.49. The maximum Gasteiger partial charge on any atom is 0.0304 e. The summed E-state index contributed by atoms with van der Waals surface area (Å²) >= 11 is 0. The van der Waals surface area contributed by atoms with Gasteiger partial charge in [-0.2, -0.15) is 0 Å². The second kappa shape index (κ2) is 5.46. The van der Waals surface area contributed by atoms with Crippen LogP contribution in [0.2, 0.25) is 0 Å². The van der Waals surface area contributed by atoms with E-state index in [9.17, 15) is 0 Å². The molecule has 0 saturated carbocycles. The van der Waals surface area contributed by atoms with Crippen LogP contribution in [0.4, 0.5) is 0 Å². The Morgan fingerprint density at radius 2 is 1.75 bits per heavy atom. The molecular weight excluding hydrogens is 196 g/mol. The van der Waals surface area contributed by atoms with Gasteiger partial charge in [0.25, 0.3) is 0 Å². The summed E-state index contributed by atoms with van der Waals surface area (Å²) in [5.74, 6) is 0.517. The molecule has 2 nitrogen and oxygen atoms in total. The van der Waals surface area contributed by atoms with Crippen molar-refractivity contribution in [3.63, 3.8) is 0 Å². The smallest absolute Gasteiger partial charge is 0.0304 e. The van der Waals surface area contributed by atoms with Crippen LogP contribution in [0.15, 0.2) is 30.3 Å². The molecule has 1 aromatic carbocycles. The van der Waals surface area contributed by atoms with Crippen molar-refractivity contribution in [2.75, 3.05) is 6.54 Å². The minimum Gasteiger partial charge on any atom is -0.329 e. The molecule has 0 amide bonds. The summed E-state index contributed by atoms with van der Waals surface area (Å²) in [6.07, 6.45) is 0. The molecule has 90 valence electrons. The molecular formula is C14H24N2. The van der Waals surface area contributed by atoms with Gasteiger partial charge in [0.1, 0.15) is 0 Å². The van der Waals surface area contributed by atoms with Crippen molar-refractivity contribution in [1.82, 2.24) is 5.32 Å². The van der Waals surface area contributed by atoms with E-state index in [2.05, 4.69) is 57.3 Å². The number of nitrogens with two attached hydrogens (primary N) is 1. The minimum absolute atomic E-state index is 0.00470. The number of hydrogen-bond acceptors (Lipinski definition) is 2. The van der Waals surface area contributed by atoms with Crippen molar-refractivity contribution in [2.45, 2.75) is 39.3 Å². The lowest BCUT2D eigenvalue weighted by molar-refractivity contribution is 0.245. The van der Waals surface area contributed by atoms with E-state index in [-0.39, 0.29) is 5.54 Å². The summed E-state index contributed by atoms with van der Waals surface area (Å²) in [5, 5.41) is 3.63. The molecule has 0 aliphatic rings. The van der Waals surface area contributed by atoms with Crippen LogP contribution in [0.5, 0.6) is 0 Å². The van der Waals surface area contributed by atoms with E-state index in [1.807, 2.05) is 6.07 Å². The fourth-order valence-electron chi connectivity index (χ4n) is 1.78. The van der Waals surface area contributed by atoms with Crippen LogP contribution < -0.4 is 11.1 Å². The molecule has 2 heteroatoms. The summed E-state index contributed by atoms with van der Waals surface area (Å²) in [4.78, 5) is 0. The lowest BCUT2D eigenvalue weighted by Crippen LogP contribution is -2.53. The second-order valence-corrected chi connectivity index (χ2v) is 5.05. The Balaban J connectivity index is 2.74. The number of hydrogen-bond donors (Lipinski definition) is 2. The molecule has 16 heavy (non-hydrogen) atoms. The largest absolute Gasteiger partial charge is 0.329 e. The van der Waals surface area contributed by atoms with Crippen molar-refractivity contribution in [3.05, 3.63) is 35.9 Å². The molecule has 0 spiro atoms. The first-order valence-corrected chi connectivity index (χ1v) is 6.02. The van der Waals surface area contributed by atoms with E-state index in [1.165, 1.54) is 5.56 Å². The minimum atomic E-state index is -0.00470. The highest BCUT2D eigenvalue weighted by atomic mass is 15.0. The third-order valence-corrected chi connectivity index (χ3v) is 3.54. The first-order valence-electron chi connectivity index (χ1n) is 6.02. The highest BCUT2D eigenvalue weighted by Crippen LogP contribution is 2.21. The van der Waals surface area contributed by atoms with Crippen molar-refractivity contribution in [2.24, 2.45) is 11.7 Å². The van der Waals surface area contributed by atoms with Crippen LogP contribution >= 0.6 is 0 Å². The average Bonchev–Trinajstić information content (AvgIpc) is 2.29. The van der Waals surface area contributed by atoms with E-state index in [0.717, 1.165) is 0 Å². The highest BCUT2D eigenvalue weighted by Gasteiger charge is 2.28. The van der Waals surface area contributed by atoms with Gasteiger partial charge < -0.3 is 11.1 Å². The third kappa shape index (κ3) is 3.06. The Kier molecular flexibility index (Phi) is 4.51. The molecule has 0 aromatic heterocycles. The van der Waals surface area contributed by atoms with Gasteiger partial charge in [-0.15, -0.1) is 0 Å². The van der Waals surface area contributed by atoms with Crippen molar-refractivity contribution in [3.8, 4) is 0 Å². The lowest BCUT2D eigenvalue weighted by atomic mass is 9.87. The fraction of sp³-hybridized carbons (Fsp3) is 0.571. The van der Waals surface area contributed by atoms with Crippen LogP contribution in [0.25, 0.3) is 0 Å². The molecule has 1 rings (SSSR count). The highest BCUT2D eigenvalue weighted by molar-refractivity contribution is 5.18. The summed E-state index contributed by atoms with van der Waals surface area (Å²) in [6.45, 7) is 9.44. The van der Waals surface area contributed by atoms with Gasteiger partial charge >= 0.3 is 0 Å². The van der Waals surface area contributed by atoms with E-state index in [0.29, 0.717) is 18.5 Å². The fourth-order valence-corrected chi connectivity index (χ4v) is 1.78. The molecule has 3 N–H and O–H groups in total. The van der Waals surface area contributed by atoms with Crippen LogP contribution in [-0.4, -0.2) is 12.1 Å². The Labute approximate surface area is 99.2 Å². The normalized spacial score (nSPS) is 17.1.